The average molecular weight is 393 g/mol. The van der Waals surface area contributed by atoms with E-state index >= 15 is 0 Å². The molecule has 1 unspecified atom stereocenters. The minimum atomic E-state index is -4.47. The molecule has 148 valence electrons. The van der Waals surface area contributed by atoms with Crippen molar-refractivity contribution in [1.82, 2.24) is 30.0 Å². The Labute approximate surface area is 158 Å². The van der Waals surface area contributed by atoms with Crippen LogP contribution in [-0.2, 0) is 18.0 Å². The van der Waals surface area contributed by atoms with E-state index in [0.29, 0.717) is 11.4 Å². The summed E-state index contributed by atoms with van der Waals surface area (Å²) in [4.78, 5) is 13.6. The lowest BCUT2D eigenvalue weighted by Gasteiger charge is -2.11. The number of alkyl halides is 3. The monoisotopic (exact) mass is 393 g/mol. The second-order valence-electron chi connectivity index (χ2n) is 6.35. The molecule has 3 aromatic rings. The number of aromatic nitrogens is 6. The van der Waals surface area contributed by atoms with Gasteiger partial charge in [-0.15, -0.1) is 10.2 Å². The zero-order valence-corrected chi connectivity index (χ0v) is 15.6. The summed E-state index contributed by atoms with van der Waals surface area (Å²) in [5.41, 5.74) is 1.39. The van der Waals surface area contributed by atoms with Crippen LogP contribution in [0.25, 0.3) is 11.4 Å². The lowest BCUT2D eigenvalue weighted by Crippen LogP contribution is -2.26. The maximum Gasteiger partial charge on any atom is 0.416 e. The van der Waals surface area contributed by atoms with E-state index in [4.69, 9.17) is 0 Å². The summed E-state index contributed by atoms with van der Waals surface area (Å²) in [6, 6.07) is 3.79. The number of tetrazole rings is 1. The molecule has 0 aliphatic heterocycles. The van der Waals surface area contributed by atoms with Gasteiger partial charge in [0.25, 0.3) is 5.91 Å². The fourth-order valence-corrected chi connectivity index (χ4v) is 2.63. The molecule has 3 rings (SSSR count). The minimum absolute atomic E-state index is 0.000473. The highest BCUT2D eigenvalue weighted by atomic mass is 19.4. The number of nitrogens with zero attached hydrogens (tertiary/aromatic N) is 6. The Balaban J connectivity index is 1.80. The first-order chi connectivity index (χ1) is 13.1. The van der Waals surface area contributed by atoms with Crippen molar-refractivity contribution in [3.05, 3.63) is 41.2 Å². The van der Waals surface area contributed by atoms with E-state index in [9.17, 15) is 18.0 Å². The van der Waals surface area contributed by atoms with Gasteiger partial charge < -0.3 is 5.32 Å². The van der Waals surface area contributed by atoms with Crippen molar-refractivity contribution < 1.29 is 18.0 Å². The molecule has 28 heavy (non-hydrogen) atoms. The summed E-state index contributed by atoms with van der Waals surface area (Å²) in [6.07, 6.45) is -4.47. The quantitative estimate of drug-likeness (QED) is 0.736. The van der Waals surface area contributed by atoms with E-state index in [1.807, 2.05) is 6.92 Å². The Hall–Kier alpha value is -3.24. The molecule has 1 aromatic carbocycles. The molecule has 0 radical (unpaired) electrons. The van der Waals surface area contributed by atoms with E-state index in [1.165, 1.54) is 12.1 Å². The number of carbonyl (C=O) groups is 1. The number of hydrogen-bond donors (Lipinski definition) is 1. The molecule has 0 fully saturated rings. The van der Waals surface area contributed by atoms with Gasteiger partial charge >= 0.3 is 6.18 Å². The van der Waals surface area contributed by atoms with Crippen LogP contribution in [0.2, 0.25) is 0 Å². The number of hydrogen-bond acceptors (Lipinski definition) is 5. The highest BCUT2D eigenvalue weighted by Gasteiger charge is 2.31. The van der Waals surface area contributed by atoms with E-state index in [2.05, 4.69) is 25.8 Å². The summed E-state index contributed by atoms with van der Waals surface area (Å²) in [6.45, 7) is 5.15. The molecular formula is C17H18F3N7O. The molecule has 2 aromatic heterocycles. The molecule has 1 atom stereocenters. The number of anilines is 1. The second-order valence-corrected chi connectivity index (χ2v) is 6.35. The van der Waals surface area contributed by atoms with Crippen molar-refractivity contribution in [2.45, 2.75) is 33.0 Å². The molecule has 0 saturated carbocycles. The van der Waals surface area contributed by atoms with Crippen LogP contribution >= 0.6 is 0 Å². The maximum absolute atomic E-state index is 12.9. The number of rotatable bonds is 4. The summed E-state index contributed by atoms with van der Waals surface area (Å²) in [7, 11) is 1.77. The van der Waals surface area contributed by atoms with Crippen LogP contribution in [-0.4, -0.2) is 35.9 Å². The van der Waals surface area contributed by atoms with E-state index < -0.39 is 23.7 Å². The summed E-state index contributed by atoms with van der Waals surface area (Å²) in [5, 5.41) is 18.7. The molecule has 2 heterocycles. The summed E-state index contributed by atoms with van der Waals surface area (Å²) in [5.74, 6) is -0.397. The van der Waals surface area contributed by atoms with Gasteiger partial charge in [0, 0.05) is 12.6 Å². The lowest BCUT2D eigenvalue weighted by molar-refractivity contribution is -0.137. The first kappa shape index (κ1) is 19.5. The van der Waals surface area contributed by atoms with Crippen molar-refractivity contribution >= 4 is 11.6 Å². The molecule has 0 aliphatic rings. The van der Waals surface area contributed by atoms with Crippen molar-refractivity contribution in [3.63, 3.8) is 0 Å². The third kappa shape index (κ3) is 3.73. The molecular weight excluding hydrogens is 375 g/mol. The molecule has 11 heteroatoms. The van der Waals surface area contributed by atoms with Gasteiger partial charge in [-0.1, -0.05) is 12.1 Å². The molecule has 8 nitrogen and oxygen atoms in total. The van der Waals surface area contributed by atoms with Crippen molar-refractivity contribution in [3.8, 4) is 11.4 Å². The molecule has 1 amide bonds. The molecule has 1 N–H and O–H groups in total. The van der Waals surface area contributed by atoms with E-state index in [1.54, 1.807) is 25.6 Å². The Morgan fingerprint density at radius 3 is 2.54 bits per heavy atom. The Kier molecular flexibility index (Phi) is 4.92. The number of halogens is 3. The van der Waals surface area contributed by atoms with Gasteiger partial charge in [-0.25, -0.2) is 0 Å². The zero-order chi connectivity index (χ0) is 20.6. The fraction of sp³-hybridized carbons (Fsp3) is 0.353. The highest BCUT2D eigenvalue weighted by molar-refractivity contribution is 5.94. The smallest absolute Gasteiger partial charge is 0.321 e. The fourth-order valence-electron chi connectivity index (χ4n) is 2.63. The number of aryl methyl sites for hydroxylation is 2. The first-order valence-corrected chi connectivity index (χ1v) is 8.36. The average Bonchev–Trinajstić information content (AvgIpc) is 3.21. The standard InChI is InChI=1S/C17H18F3N7O/c1-9-14(10(2)26(4)23-9)21-16(28)11(3)27-24-15(22-25-27)12-6-5-7-13(8-12)17(18,19)20/h5-8,11H,1-4H3,(H,21,28). The minimum Gasteiger partial charge on any atom is -0.321 e. The second kappa shape index (κ2) is 7.06. The van der Waals surface area contributed by atoms with E-state index in [0.717, 1.165) is 22.6 Å². The number of carbonyl (C=O) groups excluding carboxylic acids is 1. The Bertz CT molecular complexity index is 1020. The Morgan fingerprint density at radius 1 is 1.21 bits per heavy atom. The van der Waals surface area contributed by atoms with Gasteiger partial charge in [0.05, 0.1) is 22.6 Å². The maximum atomic E-state index is 12.9. The molecule has 0 bridgehead atoms. The third-order valence-electron chi connectivity index (χ3n) is 4.36. The normalized spacial score (nSPS) is 12.8. The van der Waals surface area contributed by atoms with Crippen molar-refractivity contribution in [2.75, 3.05) is 5.32 Å². The van der Waals surface area contributed by atoms with Crippen molar-refractivity contribution in [1.29, 1.82) is 0 Å². The van der Waals surface area contributed by atoms with Crippen LogP contribution in [0.15, 0.2) is 24.3 Å². The largest absolute Gasteiger partial charge is 0.416 e. The Morgan fingerprint density at radius 2 is 1.93 bits per heavy atom. The first-order valence-electron chi connectivity index (χ1n) is 8.36. The lowest BCUT2D eigenvalue weighted by atomic mass is 10.1. The van der Waals surface area contributed by atoms with Crippen LogP contribution in [0.1, 0.15) is 29.9 Å². The van der Waals surface area contributed by atoms with Gasteiger partial charge in [-0.05, 0) is 38.1 Å². The third-order valence-corrected chi connectivity index (χ3v) is 4.36. The number of amides is 1. The van der Waals surface area contributed by atoms with Crippen LogP contribution in [0.4, 0.5) is 18.9 Å². The van der Waals surface area contributed by atoms with Crippen molar-refractivity contribution in [2.24, 2.45) is 7.05 Å². The number of nitrogens with one attached hydrogen (secondary N) is 1. The highest BCUT2D eigenvalue weighted by Crippen LogP contribution is 2.31. The van der Waals surface area contributed by atoms with Crippen LogP contribution in [0.5, 0.6) is 0 Å². The summed E-state index contributed by atoms with van der Waals surface area (Å²) < 4.78 is 40.3. The topological polar surface area (TPSA) is 90.5 Å². The SMILES string of the molecule is Cc1nn(C)c(C)c1NC(=O)C(C)n1nnc(-c2cccc(C(F)(F)F)c2)n1. The number of benzene rings is 1. The van der Waals surface area contributed by atoms with Crippen LogP contribution in [0.3, 0.4) is 0 Å². The van der Waals surface area contributed by atoms with E-state index in [-0.39, 0.29) is 11.4 Å². The van der Waals surface area contributed by atoms with Gasteiger partial charge in [-0.3, -0.25) is 9.48 Å². The van der Waals surface area contributed by atoms with Gasteiger partial charge in [0.2, 0.25) is 5.82 Å². The van der Waals surface area contributed by atoms with Gasteiger partial charge in [-0.2, -0.15) is 23.1 Å². The predicted molar refractivity (Wildman–Crippen MR) is 94.3 cm³/mol. The molecule has 0 spiro atoms. The van der Waals surface area contributed by atoms with Crippen LogP contribution < -0.4 is 5.32 Å². The summed E-state index contributed by atoms with van der Waals surface area (Å²) >= 11 is 0. The van der Waals surface area contributed by atoms with Gasteiger partial charge in [0.1, 0.15) is 6.04 Å². The molecule has 0 saturated heterocycles. The zero-order valence-electron chi connectivity index (χ0n) is 15.6. The van der Waals surface area contributed by atoms with Gasteiger partial charge in [0.15, 0.2) is 0 Å². The predicted octanol–water partition coefficient (Wildman–Crippen LogP) is 2.91. The van der Waals surface area contributed by atoms with Crippen LogP contribution in [0, 0.1) is 13.8 Å². The molecule has 0 aliphatic carbocycles.